The summed E-state index contributed by atoms with van der Waals surface area (Å²) in [7, 11) is -3.72. The normalized spacial score (nSPS) is 12.1. The monoisotopic (exact) mass is 493 g/mol. The number of carboxylic acids is 1. The lowest BCUT2D eigenvalue weighted by Crippen LogP contribution is -2.38. The van der Waals surface area contributed by atoms with Gasteiger partial charge in [-0.2, -0.15) is 0 Å². The number of aromatic nitrogens is 1. The van der Waals surface area contributed by atoms with Crippen molar-refractivity contribution in [1.29, 1.82) is 0 Å². The zero-order valence-corrected chi connectivity index (χ0v) is 18.8. The first-order chi connectivity index (χ1) is 16.7. The van der Waals surface area contributed by atoms with E-state index in [-0.39, 0.29) is 10.3 Å². The Hall–Kier alpha value is -4.48. The van der Waals surface area contributed by atoms with E-state index in [2.05, 4.69) is 9.71 Å². The van der Waals surface area contributed by atoms with Crippen LogP contribution in [0.15, 0.2) is 83.9 Å². The van der Waals surface area contributed by atoms with Crippen molar-refractivity contribution in [3.8, 4) is 17.2 Å². The van der Waals surface area contributed by atoms with Crippen molar-refractivity contribution in [2.24, 2.45) is 5.73 Å². The second kappa shape index (κ2) is 9.41. The van der Waals surface area contributed by atoms with E-state index < -0.39 is 39.3 Å². The lowest BCUT2D eigenvalue weighted by Gasteiger charge is -2.11. The molecule has 11 heteroatoms. The van der Waals surface area contributed by atoms with E-state index >= 15 is 0 Å². The van der Waals surface area contributed by atoms with E-state index in [4.69, 9.17) is 15.6 Å². The molecule has 178 valence electrons. The minimum atomic E-state index is -3.72. The smallest absolute Gasteiger partial charge is 0.328 e. The Bertz CT molecular complexity index is 1520. The summed E-state index contributed by atoms with van der Waals surface area (Å²) in [5.41, 5.74) is 5.25. The van der Waals surface area contributed by atoms with Gasteiger partial charge in [0, 0.05) is 22.7 Å². The minimum absolute atomic E-state index is 0.142. The number of hydrogen-bond acceptors (Lipinski definition) is 8. The van der Waals surface area contributed by atoms with E-state index in [9.17, 15) is 23.1 Å². The number of ether oxygens (including phenoxy) is 1. The fourth-order valence-corrected chi connectivity index (χ4v) is 4.31. The van der Waals surface area contributed by atoms with Gasteiger partial charge in [0.25, 0.3) is 10.0 Å². The molecule has 1 heterocycles. The quantitative estimate of drug-likeness (QED) is 0.213. The largest absolute Gasteiger partial charge is 0.505 e. The first-order valence-corrected chi connectivity index (χ1v) is 11.6. The predicted molar refractivity (Wildman–Crippen MR) is 127 cm³/mol. The highest BCUT2D eigenvalue weighted by Gasteiger charge is 2.27. The summed E-state index contributed by atoms with van der Waals surface area (Å²) in [5, 5.41) is 20.0. The molecule has 0 radical (unpaired) electrons. The summed E-state index contributed by atoms with van der Waals surface area (Å²) in [6.45, 7) is 0. The highest BCUT2D eigenvalue weighted by Crippen LogP contribution is 2.32. The predicted octanol–water partition coefficient (Wildman–Crippen LogP) is 3.13. The Morgan fingerprint density at radius 2 is 1.63 bits per heavy atom. The molecule has 0 amide bonds. The molecule has 35 heavy (non-hydrogen) atoms. The maximum atomic E-state index is 12.4. The van der Waals surface area contributed by atoms with Gasteiger partial charge in [-0.3, -0.25) is 14.3 Å². The Morgan fingerprint density at radius 3 is 2.29 bits per heavy atom. The lowest BCUT2D eigenvalue weighted by molar-refractivity contribution is -0.137. The molecule has 0 bridgehead atoms. The van der Waals surface area contributed by atoms with Crippen molar-refractivity contribution >= 4 is 38.2 Å². The van der Waals surface area contributed by atoms with Crippen LogP contribution >= 0.6 is 0 Å². The number of nitrogens with two attached hydrogens (primary N) is 1. The van der Waals surface area contributed by atoms with Crippen LogP contribution < -0.4 is 15.2 Å². The van der Waals surface area contributed by atoms with Crippen LogP contribution in [0, 0.1) is 0 Å². The third-order valence-electron chi connectivity index (χ3n) is 5.01. The Kier molecular flexibility index (Phi) is 6.36. The van der Waals surface area contributed by atoms with E-state index in [0.29, 0.717) is 22.6 Å². The summed E-state index contributed by atoms with van der Waals surface area (Å²) in [4.78, 5) is 27.1. The molecule has 0 fully saturated rings. The van der Waals surface area contributed by atoms with Crippen molar-refractivity contribution in [2.45, 2.75) is 10.9 Å². The topological polar surface area (TPSA) is 169 Å². The molecule has 4 rings (SSSR count). The molecule has 0 saturated heterocycles. The highest BCUT2D eigenvalue weighted by molar-refractivity contribution is 7.92. The van der Waals surface area contributed by atoms with Gasteiger partial charge in [-0.25, -0.2) is 13.4 Å². The van der Waals surface area contributed by atoms with Gasteiger partial charge in [0.05, 0.1) is 4.90 Å². The number of pyridine rings is 1. The summed E-state index contributed by atoms with van der Waals surface area (Å²) in [6, 6.07) is 17.0. The summed E-state index contributed by atoms with van der Waals surface area (Å²) in [6.07, 6.45) is 1.30. The Morgan fingerprint density at radius 1 is 0.971 bits per heavy atom. The van der Waals surface area contributed by atoms with Crippen molar-refractivity contribution in [2.75, 3.05) is 4.72 Å². The van der Waals surface area contributed by atoms with Crippen molar-refractivity contribution in [3.63, 3.8) is 0 Å². The molecule has 5 N–H and O–H groups in total. The van der Waals surface area contributed by atoms with Gasteiger partial charge < -0.3 is 20.7 Å². The molecule has 3 aromatic carbocycles. The summed E-state index contributed by atoms with van der Waals surface area (Å²) >= 11 is 0. The number of aromatic hydroxyl groups is 1. The number of fused-ring (bicyclic) bond motifs is 1. The summed E-state index contributed by atoms with van der Waals surface area (Å²) in [5.74, 6) is -2.22. The molecule has 4 aromatic rings. The first-order valence-electron chi connectivity index (χ1n) is 10.2. The number of nitrogens with one attached hydrogen (secondary N) is 1. The Labute approximate surface area is 199 Å². The van der Waals surface area contributed by atoms with Crippen molar-refractivity contribution in [3.05, 3.63) is 84.7 Å². The number of ketones is 1. The molecule has 10 nitrogen and oxygen atoms in total. The van der Waals surface area contributed by atoms with Gasteiger partial charge in [0.2, 0.25) is 5.78 Å². The standard InChI is InChI=1S/C24H19N3O7S/c25-20(24(30)31)23(29)21-22(28)19-11-10-17(12-14(19)13-26-21)34-16-8-6-15(7-9-16)27-35(32,33)18-4-2-1-3-5-18/h1-13,20,27-28H,25H2,(H,30,31). The molecule has 0 saturated carbocycles. The average Bonchev–Trinajstić information content (AvgIpc) is 2.85. The number of carbonyl (C=O) groups excluding carboxylic acids is 1. The van der Waals surface area contributed by atoms with Crippen LogP contribution in [0.25, 0.3) is 10.8 Å². The number of anilines is 1. The van der Waals surface area contributed by atoms with Gasteiger partial charge in [0.1, 0.15) is 11.5 Å². The number of carboxylic acid groups (broad SMARTS) is 1. The van der Waals surface area contributed by atoms with Gasteiger partial charge >= 0.3 is 5.97 Å². The second-order valence-corrected chi connectivity index (χ2v) is 9.11. The van der Waals surface area contributed by atoms with Crippen LogP contribution in [0.1, 0.15) is 10.5 Å². The molecular weight excluding hydrogens is 474 g/mol. The van der Waals surface area contributed by atoms with E-state index in [1.54, 1.807) is 54.6 Å². The maximum absolute atomic E-state index is 12.4. The lowest BCUT2D eigenvalue weighted by atomic mass is 10.1. The molecule has 1 atom stereocenters. The fourth-order valence-electron chi connectivity index (χ4n) is 3.23. The third kappa shape index (κ3) is 5.05. The molecule has 0 aliphatic heterocycles. The number of benzene rings is 3. The van der Waals surface area contributed by atoms with Crippen LogP contribution in [-0.2, 0) is 14.8 Å². The molecular formula is C24H19N3O7S. The van der Waals surface area contributed by atoms with E-state index in [1.165, 1.54) is 24.4 Å². The SMILES string of the molecule is NC(C(=O)O)C(=O)c1ncc2cc(Oc3ccc(NS(=O)(=O)c4ccccc4)cc3)ccc2c1O. The highest BCUT2D eigenvalue weighted by atomic mass is 32.2. The molecule has 0 aliphatic rings. The van der Waals surface area contributed by atoms with Gasteiger partial charge in [-0.05, 0) is 54.6 Å². The zero-order valence-electron chi connectivity index (χ0n) is 18.0. The molecule has 0 aliphatic carbocycles. The van der Waals surface area contributed by atoms with Gasteiger partial charge in [-0.15, -0.1) is 0 Å². The van der Waals surface area contributed by atoms with Gasteiger partial charge in [0.15, 0.2) is 17.5 Å². The average molecular weight is 493 g/mol. The molecule has 1 aromatic heterocycles. The van der Waals surface area contributed by atoms with Crippen molar-refractivity contribution in [1.82, 2.24) is 4.98 Å². The van der Waals surface area contributed by atoms with Crippen LogP contribution in [0.3, 0.4) is 0 Å². The zero-order chi connectivity index (χ0) is 25.2. The number of aliphatic carboxylic acids is 1. The van der Waals surface area contributed by atoms with E-state index in [1.807, 2.05) is 0 Å². The second-order valence-electron chi connectivity index (χ2n) is 7.43. The number of Topliss-reactive ketones (excluding diaryl/α,β-unsaturated/α-hetero) is 1. The summed E-state index contributed by atoms with van der Waals surface area (Å²) < 4.78 is 33.2. The van der Waals surface area contributed by atoms with Crippen LogP contribution in [0.4, 0.5) is 5.69 Å². The van der Waals surface area contributed by atoms with Crippen molar-refractivity contribution < 1.29 is 33.0 Å². The first kappa shape index (κ1) is 23.7. The number of hydrogen-bond donors (Lipinski definition) is 4. The fraction of sp³-hybridized carbons (Fsp3) is 0.0417. The van der Waals surface area contributed by atoms with Crippen LogP contribution in [0.5, 0.6) is 17.2 Å². The van der Waals surface area contributed by atoms with Gasteiger partial charge in [-0.1, -0.05) is 18.2 Å². The number of sulfonamides is 1. The van der Waals surface area contributed by atoms with Crippen LogP contribution in [0.2, 0.25) is 0 Å². The minimum Gasteiger partial charge on any atom is -0.505 e. The maximum Gasteiger partial charge on any atom is 0.328 e. The molecule has 1 unspecified atom stereocenters. The number of rotatable bonds is 8. The number of carbonyl (C=O) groups is 2. The Balaban J connectivity index is 1.51. The van der Waals surface area contributed by atoms with Crippen LogP contribution in [-0.4, -0.2) is 41.4 Å². The number of nitrogens with zero attached hydrogens (tertiary/aromatic N) is 1. The third-order valence-corrected chi connectivity index (χ3v) is 6.41. The molecule has 0 spiro atoms. The van der Waals surface area contributed by atoms with E-state index in [0.717, 1.165) is 0 Å².